The maximum Gasteiger partial charge on any atom is 0.331 e. The van der Waals surface area contributed by atoms with Crippen molar-refractivity contribution in [2.45, 2.75) is 9.75 Å². The van der Waals surface area contributed by atoms with Crippen LogP contribution in [-0.4, -0.2) is 31.9 Å². The Labute approximate surface area is 77.4 Å². The van der Waals surface area contributed by atoms with Crippen molar-refractivity contribution < 1.29 is 19.8 Å². The van der Waals surface area contributed by atoms with Crippen LogP contribution in [0.15, 0.2) is 12.2 Å². The molecule has 0 radical (unpaired) electrons. The first-order chi connectivity index (χ1) is 5.34. The highest BCUT2D eigenvalue weighted by atomic mass is 35.5. The van der Waals surface area contributed by atoms with Gasteiger partial charge in [0.2, 0.25) is 0 Å². The molecular formula is C6H4Cl2O4. The Morgan fingerprint density at radius 3 is 1.33 bits per heavy atom. The zero-order valence-electron chi connectivity index (χ0n) is 5.62. The van der Waals surface area contributed by atoms with Gasteiger partial charge in [-0.2, -0.15) is 0 Å². The second kappa shape index (κ2) is 2.37. The molecule has 0 saturated carbocycles. The highest BCUT2D eigenvalue weighted by Gasteiger charge is 2.63. The molecular weight excluding hydrogens is 207 g/mol. The van der Waals surface area contributed by atoms with E-state index in [0.29, 0.717) is 0 Å². The Balaban J connectivity index is 3.09. The fraction of sp³-hybridized carbons (Fsp3) is 0.333. The molecule has 6 heteroatoms. The van der Waals surface area contributed by atoms with Gasteiger partial charge in [0, 0.05) is 0 Å². The van der Waals surface area contributed by atoms with E-state index in [1.54, 1.807) is 0 Å². The minimum absolute atomic E-state index is 1.04. The Bertz CT molecular complexity index is 259. The van der Waals surface area contributed by atoms with Crippen LogP contribution in [0.4, 0.5) is 0 Å². The Hall–Kier alpha value is -0.740. The molecule has 2 unspecified atom stereocenters. The molecule has 0 aromatic rings. The van der Waals surface area contributed by atoms with Gasteiger partial charge in [-0.25, -0.2) is 9.59 Å². The molecule has 1 aliphatic carbocycles. The summed E-state index contributed by atoms with van der Waals surface area (Å²) >= 11 is 10.9. The average molecular weight is 211 g/mol. The van der Waals surface area contributed by atoms with Crippen molar-refractivity contribution in [2.75, 3.05) is 0 Å². The molecule has 1 rings (SSSR count). The van der Waals surface area contributed by atoms with Crippen molar-refractivity contribution in [2.24, 2.45) is 0 Å². The third-order valence-corrected chi connectivity index (χ3v) is 2.96. The zero-order valence-corrected chi connectivity index (χ0v) is 7.13. The summed E-state index contributed by atoms with van der Waals surface area (Å²) in [5.74, 6) is -2.94. The maximum atomic E-state index is 10.5. The third kappa shape index (κ3) is 0.850. The number of rotatable bonds is 2. The quantitative estimate of drug-likeness (QED) is 0.520. The summed E-state index contributed by atoms with van der Waals surface area (Å²) in [5.41, 5.74) is 0. The number of hydrogen-bond donors (Lipinski definition) is 2. The maximum absolute atomic E-state index is 10.5. The van der Waals surface area contributed by atoms with Crippen molar-refractivity contribution in [3.8, 4) is 0 Å². The average Bonchev–Trinajstić information content (AvgIpc) is 1.98. The van der Waals surface area contributed by atoms with E-state index in [0.717, 1.165) is 12.2 Å². The summed E-state index contributed by atoms with van der Waals surface area (Å²) in [4.78, 5) is 16.9. The third-order valence-electron chi connectivity index (χ3n) is 1.69. The van der Waals surface area contributed by atoms with Crippen LogP contribution in [0.5, 0.6) is 0 Å². The molecule has 66 valence electrons. The lowest BCUT2D eigenvalue weighted by atomic mass is 9.80. The van der Waals surface area contributed by atoms with E-state index >= 15 is 0 Å². The van der Waals surface area contributed by atoms with Gasteiger partial charge in [-0.1, -0.05) is 35.4 Å². The molecule has 12 heavy (non-hydrogen) atoms. The summed E-state index contributed by atoms with van der Waals surface area (Å²) < 4.78 is 0. The summed E-state index contributed by atoms with van der Waals surface area (Å²) in [5, 5.41) is 17.1. The van der Waals surface area contributed by atoms with E-state index in [-0.39, 0.29) is 0 Å². The van der Waals surface area contributed by atoms with Crippen molar-refractivity contribution in [3.63, 3.8) is 0 Å². The van der Waals surface area contributed by atoms with E-state index in [2.05, 4.69) is 0 Å². The van der Waals surface area contributed by atoms with Gasteiger partial charge in [0.05, 0.1) is 0 Å². The molecule has 2 atom stereocenters. The van der Waals surface area contributed by atoms with E-state index in [4.69, 9.17) is 33.4 Å². The van der Waals surface area contributed by atoms with Gasteiger partial charge in [0.15, 0.2) is 9.75 Å². The summed E-state index contributed by atoms with van der Waals surface area (Å²) in [6.45, 7) is 0. The second-order valence-electron chi connectivity index (χ2n) is 2.37. The van der Waals surface area contributed by atoms with Crippen LogP contribution in [-0.2, 0) is 9.59 Å². The number of hydrogen-bond acceptors (Lipinski definition) is 2. The zero-order chi connectivity index (χ0) is 9.57. The first kappa shape index (κ1) is 9.35. The Kier molecular flexibility index (Phi) is 1.85. The summed E-state index contributed by atoms with van der Waals surface area (Å²) in [6, 6.07) is 0. The fourth-order valence-electron chi connectivity index (χ4n) is 0.830. The van der Waals surface area contributed by atoms with Gasteiger partial charge in [0.1, 0.15) is 0 Å². The minimum atomic E-state index is -2.03. The van der Waals surface area contributed by atoms with E-state index in [9.17, 15) is 9.59 Å². The lowest BCUT2D eigenvalue weighted by Crippen LogP contribution is -2.59. The lowest BCUT2D eigenvalue weighted by Gasteiger charge is -2.38. The second-order valence-corrected chi connectivity index (χ2v) is 3.56. The number of carboxylic acids is 2. The molecule has 0 aliphatic heterocycles. The number of carboxylic acid groups (broad SMARTS) is 2. The highest BCUT2D eigenvalue weighted by molar-refractivity contribution is 6.51. The number of aliphatic carboxylic acids is 2. The molecule has 0 spiro atoms. The lowest BCUT2D eigenvalue weighted by molar-refractivity contribution is -0.148. The number of halogens is 2. The van der Waals surface area contributed by atoms with Crippen LogP contribution < -0.4 is 0 Å². The smallest absolute Gasteiger partial charge is 0.331 e. The predicted octanol–water partition coefficient (Wildman–Crippen LogP) is 0.681. The van der Waals surface area contributed by atoms with Crippen LogP contribution in [0.2, 0.25) is 0 Å². The molecule has 0 aromatic carbocycles. The highest BCUT2D eigenvalue weighted by Crippen LogP contribution is 2.46. The van der Waals surface area contributed by atoms with E-state index in [1.807, 2.05) is 0 Å². The Morgan fingerprint density at radius 2 is 1.25 bits per heavy atom. The van der Waals surface area contributed by atoms with Gasteiger partial charge >= 0.3 is 11.9 Å². The molecule has 0 bridgehead atoms. The van der Waals surface area contributed by atoms with Gasteiger partial charge in [0.25, 0.3) is 0 Å². The van der Waals surface area contributed by atoms with Gasteiger partial charge in [-0.15, -0.1) is 0 Å². The molecule has 0 fully saturated rings. The van der Waals surface area contributed by atoms with Crippen LogP contribution in [0.25, 0.3) is 0 Å². The SMILES string of the molecule is O=C(O)C1(Cl)C=CC1(Cl)C(=O)O. The Morgan fingerprint density at radius 1 is 1.00 bits per heavy atom. The van der Waals surface area contributed by atoms with Crippen LogP contribution in [0.1, 0.15) is 0 Å². The molecule has 0 saturated heterocycles. The standard InChI is InChI=1S/C6H4Cl2O4/c7-5(3(9)10)1-2-6(5,8)4(11)12/h1-2H,(H,9,10)(H,11,12). The van der Waals surface area contributed by atoms with Gasteiger partial charge in [-0.05, 0) is 0 Å². The fourth-order valence-corrected chi connectivity index (χ4v) is 1.24. The minimum Gasteiger partial charge on any atom is -0.480 e. The van der Waals surface area contributed by atoms with Crippen molar-refractivity contribution in [3.05, 3.63) is 12.2 Å². The molecule has 1 aliphatic rings. The van der Waals surface area contributed by atoms with Crippen LogP contribution in [0, 0.1) is 0 Å². The normalized spacial score (nSPS) is 38.8. The number of alkyl halides is 2. The topological polar surface area (TPSA) is 74.6 Å². The van der Waals surface area contributed by atoms with Crippen molar-refractivity contribution >= 4 is 35.1 Å². The van der Waals surface area contributed by atoms with E-state index in [1.165, 1.54) is 0 Å². The van der Waals surface area contributed by atoms with Crippen LogP contribution in [0.3, 0.4) is 0 Å². The first-order valence-electron chi connectivity index (χ1n) is 2.89. The first-order valence-corrected chi connectivity index (χ1v) is 3.65. The summed E-state index contributed by atoms with van der Waals surface area (Å²) in [7, 11) is 0. The van der Waals surface area contributed by atoms with Gasteiger partial charge in [-0.3, -0.25) is 0 Å². The van der Waals surface area contributed by atoms with Crippen LogP contribution >= 0.6 is 23.2 Å². The van der Waals surface area contributed by atoms with Crippen molar-refractivity contribution in [1.82, 2.24) is 0 Å². The molecule has 4 nitrogen and oxygen atoms in total. The van der Waals surface area contributed by atoms with E-state index < -0.39 is 21.7 Å². The van der Waals surface area contributed by atoms with Crippen molar-refractivity contribution in [1.29, 1.82) is 0 Å². The molecule has 0 aromatic heterocycles. The molecule has 0 amide bonds. The van der Waals surface area contributed by atoms with Gasteiger partial charge < -0.3 is 10.2 Å². The number of carbonyl (C=O) groups is 2. The predicted molar refractivity (Wildman–Crippen MR) is 41.6 cm³/mol. The summed E-state index contributed by atoms with van der Waals surface area (Å²) in [6.07, 6.45) is 2.08. The molecule has 2 N–H and O–H groups in total. The largest absolute Gasteiger partial charge is 0.480 e. The monoisotopic (exact) mass is 210 g/mol. The molecule has 0 heterocycles.